The molecule has 4 heteroatoms. The van der Waals surface area contributed by atoms with Gasteiger partial charge in [-0.1, -0.05) is 0 Å². The minimum atomic E-state index is -0.796. The third kappa shape index (κ3) is 1.65. The fourth-order valence-electron chi connectivity index (χ4n) is 1.78. The van der Waals surface area contributed by atoms with Crippen molar-refractivity contribution in [3.05, 3.63) is 24.0 Å². The summed E-state index contributed by atoms with van der Waals surface area (Å²) in [6, 6.07) is 3.87. The van der Waals surface area contributed by atoms with Crippen molar-refractivity contribution in [2.24, 2.45) is 5.41 Å². The van der Waals surface area contributed by atoms with Gasteiger partial charge in [-0.2, -0.15) is 5.26 Å². The lowest BCUT2D eigenvalue weighted by Crippen LogP contribution is -2.40. The third-order valence-corrected chi connectivity index (χ3v) is 3.12. The van der Waals surface area contributed by atoms with Gasteiger partial charge in [0.15, 0.2) is 0 Å². The number of nitrogens with one attached hydrogen (secondary N) is 1. The summed E-state index contributed by atoms with van der Waals surface area (Å²) in [5, 5.41) is 11.8. The van der Waals surface area contributed by atoms with E-state index in [-0.39, 0.29) is 5.91 Å². The predicted molar refractivity (Wildman–Crippen MR) is 59.5 cm³/mol. The highest BCUT2D eigenvalue weighted by Crippen LogP contribution is 2.41. The molecular weight excluding hydrogens is 202 g/mol. The maximum absolute atomic E-state index is 11.9. The molecule has 16 heavy (non-hydrogen) atoms. The zero-order valence-electron chi connectivity index (χ0n) is 9.16. The van der Waals surface area contributed by atoms with Gasteiger partial charge in [-0.25, -0.2) is 0 Å². The van der Waals surface area contributed by atoms with Crippen LogP contribution in [0, 0.1) is 23.7 Å². The number of nitriles is 1. The number of nitrogens with zero attached hydrogens (tertiary/aromatic N) is 2. The summed E-state index contributed by atoms with van der Waals surface area (Å²) in [6.07, 6.45) is 5.60. The van der Waals surface area contributed by atoms with Crippen LogP contribution in [0.2, 0.25) is 0 Å². The molecule has 2 rings (SSSR count). The Hall–Kier alpha value is -1.89. The Morgan fingerprint density at radius 3 is 2.88 bits per heavy atom. The van der Waals surface area contributed by atoms with E-state index in [2.05, 4.69) is 16.4 Å². The van der Waals surface area contributed by atoms with Gasteiger partial charge < -0.3 is 5.32 Å². The van der Waals surface area contributed by atoms with E-state index < -0.39 is 5.41 Å². The van der Waals surface area contributed by atoms with Gasteiger partial charge in [-0.3, -0.25) is 9.78 Å². The first kappa shape index (κ1) is 10.6. The number of anilines is 1. The molecule has 4 nitrogen and oxygen atoms in total. The molecule has 1 aliphatic rings. The number of carbonyl (C=O) groups excluding carboxylic acids is 1. The normalized spacial score (nSPS) is 17.0. The highest BCUT2D eigenvalue weighted by Gasteiger charge is 2.44. The van der Waals surface area contributed by atoms with Crippen LogP contribution in [-0.2, 0) is 4.79 Å². The third-order valence-electron chi connectivity index (χ3n) is 3.12. The van der Waals surface area contributed by atoms with Crippen LogP contribution in [-0.4, -0.2) is 10.9 Å². The Labute approximate surface area is 94.3 Å². The monoisotopic (exact) mass is 215 g/mol. The van der Waals surface area contributed by atoms with Gasteiger partial charge in [0.05, 0.1) is 6.07 Å². The van der Waals surface area contributed by atoms with E-state index in [4.69, 9.17) is 5.26 Å². The molecular formula is C12H13N3O. The number of aryl methyl sites for hydroxylation is 1. The molecule has 0 atom stereocenters. The van der Waals surface area contributed by atoms with Crippen molar-refractivity contribution in [1.29, 1.82) is 5.26 Å². The zero-order valence-corrected chi connectivity index (χ0v) is 9.16. The van der Waals surface area contributed by atoms with E-state index in [1.165, 1.54) is 0 Å². The minimum absolute atomic E-state index is 0.185. The quantitative estimate of drug-likeness (QED) is 0.820. The lowest BCUT2D eigenvalue weighted by atomic mass is 9.69. The topological polar surface area (TPSA) is 65.8 Å². The zero-order chi connectivity index (χ0) is 11.6. The van der Waals surface area contributed by atoms with Crippen molar-refractivity contribution >= 4 is 11.6 Å². The molecule has 0 saturated heterocycles. The summed E-state index contributed by atoms with van der Waals surface area (Å²) in [7, 11) is 0. The number of aromatic nitrogens is 1. The average Bonchev–Trinajstić information content (AvgIpc) is 2.21. The molecule has 1 aromatic rings. The highest BCUT2D eigenvalue weighted by atomic mass is 16.2. The van der Waals surface area contributed by atoms with Crippen LogP contribution < -0.4 is 5.32 Å². The summed E-state index contributed by atoms with van der Waals surface area (Å²) in [5.41, 5.74) is 0.847. The van der Waals surface area contributed by atoms with Crippen LogP contribution in [0.3, 0.4) is 0 Å². The fourth-order valence-corrected chi connectivity index (χ4v) is 1.78. The largest absolute Gasteiger partial charge is 0.324 e. The molecule has 1 aromatic heterocycles. The number of carbonyl (C=O) groups is 1. The molecule has 0 unspecified atom stereocenters. The summed E-state index contributed by atoms with van der Waals surface area (Å²) in [4.78, 5) is 15.9. The molecule has 1 saturated carbocycles. The van der Waals surface area contributed by atoms with Gasteiger partial charge in [0.1, 0.15) is 5.41 Å². The van der Waals surface area contributed by atoms with Crippen LogP contribution in [0.4, 0.5) is 5.69 Å². The molecule has 0 aromatic carbocycles. The van der Waals surface area contributed by atoms with Crippen molar-refractivity contribution in [3.8, 4) is 6.07 Å². The Morgan fingerprint density at radius 1 is 1.62 bits per heavy atom. The van der Waals surface area contributed by atoms with E-state index in [1.807, 2.05) is 6.92 Å². The molecule has 1 amide bonds. The molecule has 82 valence electrons. The van der Waals surface area contributed by atoms with Crippen molar-refractivity contribution in [2.45, 2.75) is 26.2 Å². The standard InChI is InChI=1S/C12H13N3O/c1-9-7-14-6-3-10(9)15-11(16)12(8-13)4-2-5-12/h3,6-7H,2,4-5H2,1H3,(H,14,15,16). The maximum Gasteiger partial charge on any atom is 0.244 e. The number of hydrogen-bond donors (Lipinski definition) is 1. The summed E-state index contributed by atoms with van der Waals surface area (Å²) in [5.74, 6) is -0.185. The van der Waals surface area contributed by atoms with E-state index in [0.717, 1.165) is 17.7 Å². The molecule has 1 N–H and O–H groups in total. The minimum Gasteiger partial charge on any atom is -0.324 e. The summed E-state index contributed by atoms with van der Waals surface area (Å²) >= 11 is 0. The lowest BCUT2D eigenvalue weighted by Gasteiger charge is -2.33. The first-order valence-corrected chi connectivity index (χ1v) is 5.31. The van der Waals surface area contributed by atoms with E-state index in [0.29, 0.717) is 12.8 Å². The van der Waals surface area contributed by atoms with Crippen molar-refractivity contribution in [1.82, 2.24) is 4.98 Å². The molecule has 0 bridgehead atoms. The number of hydrogen-bond acceptors (Lipinski definition) is 3. The fraction of sp³-hybridized carbons (Fsp3) is 0.417. The van der Waals surface area contributed by atoms with E-state index >= 15 is 0 Å². The Bertz CT molecular complexity index is 458. The second-order valence-corrected chi connectivity index (χ2v) is 4.19. The Kier molecular flexibility index (Phi) is 2.61. The van der Waals surface area contributed by atoms with Crippen molar-refractivity contribution in [3.63, 3.8) is 0 Å². The molecule has 0 radical (unpaired) electrons. The first-order valence-electron chi connectivity index (χ1n) is 5.31. The van der Waals surface area contributed by atoms with Gasteiger partial charge in [-0.15, -0.1) is 0 Å². The second-order valence-electron chi connectivity index (χ2n) is 4.19. The van der Waals surface area contributed by atoms with E-state index in [9.17, 15) is 4.79 Å². The molecule has 0 aliphatic heterocycles. The maximum atomic E-state index is 11.9. The van der Waals surface area contributed by atoms with Crippen LogP contribution >= 0.6 is 0 Å². The molecule has 0 spiro atoms. The van der Waals surface area contributed by atoms with E-state index in [1.54, 1.807) is 18.5 Å². The number of rotatable bonds is 2. The van der Waals surface area contributed by atoms with Crippen LogP contribution in [0.25, 0.3) is 0 Å². The predicted octanol–water partition coefficient (Wildman–Crippen LogP) is 2.02. The summed E-state index contributed by atoms with van der Waals surface area (Å²) in [6.45, 7) is 1.88. The van der Waals surface area contributed by atoms with Gasteiger partial charge >= 0.3 is 0 Å². The van der Waals surface area contributed by atoms with Crippen molar-refractivity contribution in [2.75, 3.05) is 5.32 Å². The second kappa shape index (κ2) is 3.93. The summed E-state index contributed by atoms with van der Waals surface area (Å²) < 4.78 is 0. The smallest absolute Gasteiger partial charge is 0.244 e. The van der Waals surface area contributed by atoms with Gasteiger partial charge in [0, 0.05) is 18.1 Å². The number of pyridine rings is 1. The van der Waals surface area contributed by atoms with Crippen molar-refractivity contribution < 1.29 is 4.79 Å². The van der Waals surface area contributed by atoms with Gasteiger partial charge in [-0.05, 0) is 37.8 Å². The lowest BCUT2D eigenvalue weighted by molar-refractivity contribution is -0.126. The Balaban J connectivity index is 2.14. The van der Waals surface area contributed by atoms with Crippen LogP contribution in [0.15, 0.2) is 18.5 Å². The Morgan fingerprint density at radius 2 is 2.38 bits per heavy atom. The molecule has 1 fully saturated rings. The first-order chi connectivity index (χ1) is 7.68. The molecule has 1 aliphatic carbocycles. The van der Waals surface area contributed by atoms with Gasteiger partial charge in [0.2, 0.25) is 5.91 Å². The highest BCUT2D eigenvalue weighted by molar-refractivity contribution is 5.98. The van der Waals surface area contributed by atoms with Crippen LogP contribution in [0.1, 0.15) is 24.8 Å². The van der Waals surface area contributed by atoms with Crippen LogP contribution in [0.5, 0.6) is 0 Å². The molecule has 1 heterocycles. The van der Waals surface area contributed by atoms with Gasteiger partial charge in [0.25, 0.3) is 0 Å². The number of amides is 1. The average molecular weight is 215 g/mol. The SMILES string of the molecule is Cc1cnccc1NC(=O)C1(C#N)CCC1.